The summed E-state index contributed by atoms with van der Waals surface area (Å²) in [6, 6.07) is 10.3. The second-order valence-corrected chi connectivity index (χ2v) is 6.73. The third-order valence-corrected chi connectivity index (χ3v) is 4.68. The van der Waals surface area contributed by atoms with E-state index in [-0.39, 0.29) is 18.0 Å². The van der Waals surface area contributed by atoms with E-state index in [4.69, 9.17) is 9.47 Å². The monoisotopic (exact) mass is 391 g/mol. The third-order valence-electron chi connectivity index (χ3n) is 4.68. The molecule has 0 radical (unpaired) electrons. The molecule has 9 nitrogen and oxygen atoms in total. The molecule has 1 amide bonds. The van der Waals surface area contributed by atoms with Gasteiger partial charge in [-0.25, -0.2) is 9.50 Å². The number of carbonyl (C=O) groups excluding carboxylic acids is 1. The second-order valence-electron chi connectivity index (χ2n) is 6.73. The Morgan fingerprint density at radius 3 is 2.83 bits per heavy atom. The van der Waals surface area contributed by atoms with Crippen LogP contribution in [0.4, 0.5) is 5.69 Å². The summed E-state index contributed by atoms with van der Waals surface area (Å²) in [6.45, 7) is 2.61. The summed E-state index contributed by atoms with van der Waals surface area (Å²) in [6.07, 6.45) is 1.63. The van der Waals surface area contributed by atoms with Gasteiger partial charge in [0.2, 0.25) is 5.91 Å². The van der Waals surface area contributed by atoms with Crippen LogP contribution in [-0.2, 0) is 11.3 Å². The largest absolute Gasteiger partial charge is 0.486 e. The second kappa shape index (κ2) is 6.62. The van der Waals surface area contributed by atoms with Crippen molar-refractivity contribution in [1.29, 1.82) is 0 Å². The Bertz CT molecular complexity index is 1320. The number of fused-ring (bicyclic) bond motifs is 4. The van der Waals surface area contributed by atoms with Crippen LogP contribution >= 0.6 is 0 Å². The maximum absolute atomic E-state index is 13.0. The Labute approximate surface area is 164 Å². The molecule has 0 bridgehead atoms. The molecule has 9 heteroatoms. The van der Waals surface area contributed by atoms with Crippen molar-refractivity contribution in [1.82, 2.24) is 19.2 Å². The van der Waals surface area contributed by atoms with Gasteiger partial charge in [0.1, 0.15) is 25.3 Å². The van der Waals surface area contributed by atoms with Gasteiger partial charge in [0.15, 0.2) is 17.1 Å². The Morgan fingerprint density at radius 2 is 1.97 bits per heavy atom. The van der Waals surface area contributed by atoms with E-state index in [9.17, 15) is 9.59 Å². The van der Waals surface area contributed by atoms with Crippen molar-refractivity contribution >= 4 is 28.3 Å². The molecular weight excluding hydrogens is 374 g/mol. The lowest BCUT2D eigenvalue weighted by Gasteiger charge is -2.19. The zero-order chi connectivity index (χ0) is 20.0. The first-order chi connectivity index (χ1) is 14.1. The minimum absolute atomic E-state index is 0.157. The molecule has 0 saturated carbocycles. The first-order valence-corrected chi connectivity index (χ1v) is 9.13. The van der Waals surface area contributed by atoms with Crippen molar-refractivity contribution in [2.24, 2.45) is 0 Å². The maximum atomic E-state index is 13.0. The van der Waals surface area contributed by atoms with Crippen LogP contribution in [0, 0.1) is 6.92 Å². The maximum Gasteiger partial charge on any atom is 0.277 e. The topological polar surface area (TPSA) is 99.8 Å². The number of aryl methyl sites for hydroxylation is 1. The van der Waals surface area contributed by atoms with Gasteiger partial charge in [0.05, 0.1) is 11.2 Å². The molecule has 1 aliphatic rings. The number of hydrogen-bond donors (Lipinski definition) is 1. The Hall–Kier alpha value is -3.88. The zero-order valence-corrected chi connectivity index (χ0v) is 15.6. The minimum atomic E-state index is -0.338. The molecule has 1 N–H and O–H groups in total. The molecule has 5 rings (SSSR count). The molecular formula is C20H17N5O4. The highest BCUT2D eigenvalue weighted by molar-refractivity contribution is 5.92. The predicted molar refractivity (Wildman–Crippen MR) is 106 cm³/mol. The van der Waals surface area contributed by atoms with Gasteiger partial charge >= 0.3 is 0 Å². The molecule has 0 fully saturated rings. The van der Waals surface area contributed by atoms with Gasteiger partial charge in [-0.2, -0.15) is 5.10 Å². The Balaban J connectivity index is 1.50. The molecule has 1 aliphatic heterocycles. The quantitative estimate of drug-likeness (QED) is 0.571. The summed E-state index contributed by atoms with van der Waals surface area (Å²) in [7, 11) is 0. The van der Waals surface area contributed by atoms with Gasteiger partial charge in [-0.15, -0.1) is 0 Å². The van der Waals surface area contributed by atoms with Crippen molar-refractivity contribution < 1.29 is 14.3 Å². The van der Waals surface area contributed by atoms with Crippen LogP contribution in [0.15, 0.2) is 47.4 Å². The van der Waals surface area contributed by atoms with Crippen LogP contribution in [0.5, 0.6) is 11.5 Å². The van der Waals surface area contributed by atoms with E-state index in [0.717, 1.165) is 0 Å². The van der Waals surface area contributed by atoms with Crippen LogP contribution in [-0.4, -0.2) is 38.3 Å². The molecule has 146 valence electrons. The van der Waals surface area contributed by atoms with Crippen molar-refractivity contribution in [3.63, 3.8) is 0 Å². The number of pyridine rings is 1. The van der Waals surface area contributed by atoms with E-state index in [1.807, 2.05) is 0 Å². The van der Waals surface area contributed by atoms with Gasteiger partial charge in [0.25, 0.3) is 5.56 Å². The van der Waals surface area contributed by atoms with Crippen LogP contribution < -0.4 is 20.3 Å². The predicted octanol–water partition coefficient (Wildman–Crippen LogP) is 1.76. The van der Waals surface area contributed by atoms with Crippen molar-refractivity contribution in [3.8, 4) is 11.5 Å². The SMILES string of the molecule is Cc1cc2c(=O)n(CC(=O)Nc3ccc4c(c3)OCCO4)c3cccnc3n2n1. The molecule has 3 aromatic heterocycles. The zero-order valence-electron chi connectivity index (χ0n) is 15.6. The molecule has 4 heterocycles. The number of anilines is 1. The van der Waals surface area contributed by atoms with Crippen LogP contribution in [0.1, 0.15) is 5.69 Å². The number of amides is 1. The smallest absolute Gasteiger partial charge is 0.277 e. The normalized spacial score (nSPS) is 13.0. The van der Waals surface area contributed by atoms with Crippen LogP contribution in [0.3, 0.4) is 0 Å². The first kappa shape index (κ1) is 17.2. The highest BCUT2D eigenvalue weighted by atomic mass is 16.6. The van der Waals surface area contributed by atoms with Crippen LogP contribution in [0.2, 0.25) is 0 Å². The number of hydrogen-bond acceptors (Lipinski definition) is 6. The van der Waals surface area contributed by atoms with E-state index in [1.54, 1.807) is 49.5 Å². The standard InChI is InChI=1S/C20H17N5O4/c1-12-9-15-20(27)24(14-3-2-6-21-19(14)25(15)23-12)11-18(26)22-13-4-5-16-17(10-13)29-8-7-28-16/h2-6,9-10H,7-8,11H2,1H3,(H,22,26). The summed E-state index contributed by atoms with van der Waals surface area (Å²) >= 11 is 0. The van der Waals surface area contributed by atoms with Gasteiger partial charge < -0.3 is 14.8 Å². The number of nitrogens with zero attached hydrogens (tertiary/aromatic N) is 4. The molecule has 0 unspecified atom stereocenters. The fourth-order valence-electron chi connectivity index (χ4n) is 3.45. The number of ether oxygens (including phenoxy) is 2. The summed E-state index contributed by atoms with van der Waals surface area (Å²) in [4.78, 5) is 30.0. The fraction of sp³-hybridized carbons (Fsp3) is 0.200. The lowest BCUT2D eigenvalue weighted by Crippen LogP contribution is -2.29. The average Bonchev–Trinajstić information content (AvgIpc) is 3.13. The molecule has 0 saturated heterocycles. The summed E-state index contributed by atoms with van der Waals surface area (Å²) < 4.78 is 14.0. The van der Waals surface area contributed by atoms with Gasteiger partial charge in [-0.3, -0.25) is 14.2 Å². The number of carbonyl (C=O) groups is 1. The van der Waals surface area contributed by atoms with Gasteiger partial charge in [0, 0.05) is 18.0 Å². The molecule has 0 atom stereocenters. The lowest BCUT2D eigenvalue weighted by molar-refractivity contribution is -0.116. The number of aromatic nitrogens is 4. The number of benzene rings is 1. The number of rotatable bonds is 3. The fourth-order valence-corrected chi connectivity index (χ4v) is 3.45. The minimum Gasteiger partial charge on any atom is -0.486 e. The average molecular weight is 391 g/mol. The third kappa shape index (κ3) is 2.96. The van der Waals surface area contributed by atoms with E-state index >= 15 is 0 Å². The van der Waals surface area contributed by atoms with Gasteiger partial charge in [-0.1, -0.05) is 0 Å². The molecule has 4 aromatic rings. The summed E-state index contributed by atoms with van der Waals surface area (Å²) in [5, 5.41) is 7.15. The first-order valence-electron chi connectivity index (χ1n) is 9.13. The Kier molecular flexibility index (Phi) is 3.94. The molecule has 1 aromatic carbocycles. The molecule has 29 heavy (non-hydrogen) atoms. The molecule has 0 aliphatic carbocycles. The van der Waals surface area contributed by atoms with E-state index in [2.05, 4.69) is 15.4 Å². The Morgan fingerprint density at radius 1 is 1.14 bits per heavy atom. The summed E-state index contributed by atoms with van der Waals surface area (Å²) in [5.74, 6) is 0.885. The highest BCUT2D eigenvalue weighted by Gasteiger charge is 2.17. The van der Waals surface area contributed by atoms with Crippen molar-refractivity contribution in [2.45, 2.75) is 13.5 Å². The number of nitrogens with one attached hydrogen (secondary N) is 1. The van der Waals surface area contributed by atoms with Crippen LogP contribution in [0.25, 0.3) is 16.7 Å². The van der Waals surface area contributed by atoms with Crippen molar-refractivity contribution in [2.75, 3.05) is 18.5 Å². The molecule has 0 spiro atoms. The highest BCUT2D eigenvalue weighted by Crippen LogP contribution is 2.32. The van der Waals surface area contributed by atoms with Crippen molar-refractivity contribution in [3.05, 3.63) is 58.6 Å². The van der Waals surface area contributed by atoms with E-state index < -0.39 is 0 Å². The van der Waals surface area contributed by atoms with E-state index in [1.165, 1.54) is 9.08 Å². The van der Waals surface area contributed by atoms with E-state index in [0.29, 0.717) is 52.8 Å². The lowest BCUT2D eigenvalue weighted by atomic mass is 10.2. The van der Waals surface area contributed by atoms with Gasteiger partial charge in [-0.05, 0) is 37.3 Å². The summed E-state index contributed by atoms with van der Waals surface area (Å²) in [5.41, 5.74) is 2.39.